The summed E-state index contributed by atoms with van der Waals surface area (Å²) in [6, 6.07) is -0.433. The molecule has 1 saturated heterocycles. The van der Waals surface area contributed by atoms with E-state index in [1.54, 1.807) is 12.0 Å². The molecule has 0 radical (unpaired) electrons. The van der Waals surface area contributed by atoms with Crippen LogP contribution in [0.15, 0.2) is 0 Å². The van der Waals surface area contributed by atoms with Crippen LogP contribution in [0.5, 0.6) is 0 Å². The van der Waals surface area contributed by atoms with Gasteiger partial charge in [-0.15, -0.1) is 0 Å². The quantitative estimate of drug-likeness (QED) is 0.784. The van der Waals surface area contributed by atoms with Crippen molar-refractivity contribution in [1.82, 2.24) is 10.2 Å². The van der Waals surface area contributed by atoms with E-state index in [2.05, 4.69) is 5.32 Å². The number of amides is 2. The van der Waals surface area contributed by atoms with E-state index < -0.39 is 0 Å². The number of ether oxygens (including phenoxy) is 1. The molecule has 1 aliphatic rings. The number of methoxy groups -OCH3 is 1. The van der Waals surface area contributed by atoms with Crippen LogP contribution >= 0.6 is 0 Å². The summed E-state index contributed by atoms with van der Waals surface area (Å²) in [6.45, 7) is 8.79. The first-order valence-electron chi connectivity index (χ1n) is 6.95. The van der Waals surface area contributed by atoms with E-state index in [1.807, 2.05) is 27.7 Å². The van der Waals surface area contributed by atoms with Crippen LogP contribution in [0.3, 0.4) is 0 Å². The van der Waals surface area contributed by atoms with Gasteiger partial charge in [-0.1, -0.05) is 27.7 Å². The normalized spacial score (nSPS) is 22.1. The van der Waals surface area contributed by atoms with Gasteiger partial charge in [0.25, 0.3) is 0 Å². The van der Waals surface area contributed by atoms with Crippen molar-refractivity contribution in [3.8, 4) is 0 Å². The Balaban J connectivity index is 2.85. The molecule has 5 nitrogen and oxygen atoms in total. The molecule has 1 aliphatic heterocycles. The maximum absolute atomic E-state index is 12.5. The molecule has 0 aromatic heterocycles. The average molecular weight is 270 g/mol. The Bertz CT molecular complexity index is 329. The summed E-state index contributed by atoms with van der Waals surface area (Å²) in [5.41, 5.74) is 0. The SMILES string of the molecule is COCC(C(C)C)N1CC(=O)NC(CC(C)C)C1=O. The Morgan fingerprint density at radius 2 is 1.95 bits per heavy atom. The van der Waals surface area contributed by atoms with Gasteiger partial charge in [0.2, 0.25) is 11.8 Å². The van der Waals surface area contributed by atoms with Crippen molar-refractivity contribution in [2.24, 2.45) is 11.8 Å². The molecule has 0 aromatic carbocycles. The van der Waals surface area contributed by atoms with E-state index in [-0.39, 0.29) is 36.4 Å². The van der Waals surface area contributed by atoms with Gasteiger partial charge in [-0.3, -0.25) is 9.59 Å². The Kier molecular flexibility index (Phi) is 5.79. The minimum Gasteiger partial charge on any atom is -0.383 e. The fourth-order valence-corrected chi connectivity index (χ4v) is 2.46. The summed E-state index contributed by atoms with van der Waals surface area (Å²) in [7, 11) is 1.62. The second-order valence-corrected chi connectivity index (χ2v) is 5.98. The summed E-state index contributed by atoms with van der Waals surface area (Å²) in [5.74, 6) is 0.569. The topological polar surface area (TPSA) is 58.6 Å². The molecular formula is C14H26N2O3. The Morgan fingerprint density at radius 1 is 1.32 bits per heavy atom. The van der Waals surface area contributed by atoms with Crippen molar-refractivity contribution >= 4 is 11.8 Å². The Morgan fingerprint density at radius 3 is 2.42 bits per heavy atom. The van der Waals surface area contributed by atoms with Crippen molar-refractivity contribution in [1.29, 1.82) is 0 Å². The van der Waals surface area contributed by atoms with Crippen molar-refractivity contribution in [3.63, 3.8) is 0 Å². The molecule has 2 unspecified atom stereocenters. The maximum atomic E-state index is 12.5. The minimum absolute atomic E-state index is 0.0176. The number of carbonyl (C=O) groups is 2. The zero-order valence-corrected chi connectivity index (χ0v) is 12.6. The largest absolute Gasteiger partial charge is 0.383 e. The van der Waals surface area contributed by atoms with Gasteiger partial charge in [0.15, 0.2) is 0 Å². The van der Waals surface area contributed by atoms with Gasteiger partial charge in [0.1, 0.15) is 6.04 Å². The summed E-state index contributed by atoms with van der Waals surface area (Å²) < 4.78 is 5.19. The third-order valence-electron chi connectivity index (χ3n) is 3.44. The number of hydrogen-bond acceptors (Lipinski definition) is 3. The first-order chi connectivity index (χ1) is 8.86. The zero-order valence-electron chi connectivity index (χ0n) is 12.6. The molecule has 19 heavy (non-hydrogen) atoms. The fourth-order valence-electron chi connectivity index (χ4n) is 2.46. The van der Waals surface area contributed by atoms with E-state index in [1.165, 1.54) is 0 Å². The molecule has 1 N–H and O–H groups in total. The lowest BCUT2D eigenvalue weighted by atomic mass is 9.97. The molecule has 110 valence electrons. The molecule has 2 atom stereocenters. The molecule has 0 aliphatic carbocycles. The molecule has 1 fully saturated rings. The van der Waals surface area contributed by atoms with Gasteiger partial charge in [-0.2, -0.15) is 0 Å². The number of rotatable bonds is 6. The molecule has 0 spiro atoms. The molecule has 5 heteroatoms. The highest BCUT2D eigenvalue weighted by Gasteiger charge is 2.37. The van der Waals surface area contributed by atoms with E-state index in [0.717, 1.165) is 0 Å². The highest BCUT2D eigenvalue weighted by molar-refractivity contribution is 5.95. The van der Waals surface area contributed by atoms with Gasteiger partial charge >= 0.3 is 0 Å². The first-order valence-corrected chi connectivity index (χ1v) is 6.95. The predicted octanol–water partition coefficient (Wildman–Crippen LogP) is 1.03. The summed E-state index contributed by atoms with van der Waals surface area (Å²) >= 11 is 0. The van der Waals surface area contributed by atoms with Crippen LogP contribution in [0.4, 0.5) is 0 Å². The van der Waals surface area contributed by atoms with E-state index in [4.69, 9.17) is 4.74 Å². The minimum atomic E-state index is -0.389. The highest BCUT2D eigenvalue weighted by atomic mass is 16.5. The first kappa shape index (κ1) is 16.0. The smallest absolute Gasteiger partial charge is 0.245 e. The monoisotopic (exact) mass is 270 g/mol. The number of carbonyl (C=O) groups excluding carboxylic acids is 2. The lowest BCUT2D eigenvalue weighted by Crippen LogP contribution is -2.62. The van der Waals surface area contributed by atoms with Crippen LogP contribution in [-0.2, 0) is 14.3 Å². The second-order valence-electron chi connectivity index (χ2n) is 5.98. The average Bonchev–Trinajstić information content (AvgIpc) is 2.29. The molecular weight excluding hydrogens is 244 g/mol. The molecule has 0 aromatic rings. The molecule has 0 saturated carbocycles. The van der Waals surface area contributed by atoms with Gasteiger partial charge in [0.05, 0.1) is 19.2 Å². The summed E-state index contributed by atoms with van der Waals surface area (Å²) in [4.78, 5) is 26.0. The van der Waals surface area contributed by atoms with Crippen LogP contribution in [0.25, 0.3) is 0 Å². The highest BCUT2D eigenvalue weighted by Crippen LogP contribution is 2.18. The van der Waals surface area contributed by atoms with Crippen molar-refractivity contribution in [2.75, 3.05) is 20.3 Å². The Hall–Kier alpha value is -1.10. The number of piperazine rings is 1. The molecule has 1 heterocycles. The van der Waals surface area contributed by atoms with Crippen LogP contribution in [0, 0.1) is 11.8 Å². The third kappa shape index (κ3) is 4.20. The van der Waals surface area contributed by atoms with Gasteiger partial charge < -0.3 is 15.0 Å². The number of nitrogens with zero attached hydrogens (tertiary/aromatic N) is 1. The molecule has 2 amide bonds. The van der Waals surface area contributed by atoms with Crippen LogP contribution in [0.1, 0.15) is 34.1 Å². The van der Waals surface area contributed by atoms with Crippen molar-refractivity contribution in [3.05, 3.63) is 0 Å². The standard InChI is InChI=1S/C14H26N2O3/c1-9(2)6-11-14(18)16(7-13(17)15-11)12(8-19-5)10(3)4/h9-12H,6-8H2,1-5H3,(H,15,17). The fraction of sp³-hybridized carbons (Fsp3) is 0.857. The van der Waals surface area contributed by atoms with Gasteiger partial charge in [-0.05, 0) is 18.3 Å². The second kappa shape index (κ2) is 6.89. The lowest BCUT2D eigenvalue weighted by Gasteiger charge is -2.39. The lowest BCUT2D eigenvalue weighted by molar-refractivity contribution is -0.149. The number of nitrogens with one attached hydrogen (secondary N) is 1. The molecule has 0 bridgehead atoms. The van der Waals surface area contributed by atoms with Crippen molar-refractivity contribution in [2.45, 2.75) is 46.2 Å². The van der Waals surface area contributed by atoms with Crippen LogP contribution < -0.4 is 5.32 Å². The maximum Gasteiger partial charge on any atom is 0.245 e. The number of hydrogen-bond donors (Lipinski definition) is 1. The molecule has 1 rings (SSSR count). The van der Waals surface area contributed by atoms with Crippen molar-refractivity contribution < 1.29 is 14.3 Å². The van der Waals surface area contributed by atoms with Gasteiger partial charge in [-0.25, -0.2) is 0 Å². The van der Waals surface area contributed by atoms with Gasteiger partial charge in [0, 0.05) is 7.11 Å². The van der Waals surface area contributed by atoms with E-state index >= 15 is 0 Å². The third-order valence-corrected chi connectivity index (χ3v) is 3.44. The van der Waals surface area contributed by atoms with E-state index in [9.17, 15) is 9.59 Å². The summed E-state index contributed by atoms with van der Waals surface area (Å²) in [5, 5.41) is 2.79. The predicted molar refractivity (Wildman–Crippen MR) is 73.6 cm³/mol. The summed E-state index contributed by atoms with van der Waals surface area (Å²) in [6.07, 6.45) is 0.679. The van der Waals surface area contributed by atoms with Crippen LogP contribution in [0.2, 0.25) is 0 Å². The van der Waals surface area contributed by atoms with Crippen LogP contribution in [-0.4, -0.2) is 49.1 Å². The zero-order chi connectivity index (χ0) is 14.6. The van der Waals surface area contributed by atoms with E-state index in [0.29, 0.717) is 18.9 Å². The Labute approximate surface area is 115 Å².